The fraction of sp³-hybridized carbons (Fsp3) is 0.630. The minimum Gasteiger partial charge on any atom is -0.354 e. The van der Waals surface area contributed by atoms with Gasteiger partial charge in [-0.3, -0.25) is 14.7 Å². The van der Waals surface area contributed by atoms with Crippen LogP contribution in [0.25, 0.3) is 0 Å². The smallest absolute Gasteiger partial charge is 0.239 e. The van der Waals surface area contributed by atoms with E-state index in [0.29, 0.717) is 24.8 Å². The van der Waals surface area contributed by atoms with Crippen LogP contribution in [0.5, 0.6) is 0 Å². The number of aliphatic imine (C=N–C) groups is 1. The zero-order valence-electron chi connectivity index (χ0n) is 20.4. The summed E-state index contributed by atoms with van der Waals surface area (Å²) in [6.45, 7) is 8.77. The van der Waals surface area contributed by atoms with Gasteiger partial charge >= 0.3 is 0 Å². The number of carbonyl (C=O) groups excluding carboxylic acids is 1. The van der Waals surface area contributed by atoms with Crippen LogP contribution in [0, 0.1) is 11.8 Å². The molecule has 3 N–H and O–H groups in total. The molecule has 1 aromatic carbocycles. The van der Waals surface area contributed by atoms with Crippen molar-refractivity contribution in [3.63, 3.8) is 0 Å². The first-order valence-corrected chi connectivity index (χ1v) is 13.0. The van der Waals surface area contributed by atoms with Crippen molar-refractivity contribution in [2.24, 2.45) is 22.6 Å². The Kier molecular flexibility index (Phi) is 7.62. The molecule has 6 heteroatoms. The normalized spacial score (nSPS) is 23.6. The number of fused-ring (bicyclic) bond motifs is 1. The predicted molar refractivity (Wildman–Crippen MR) is 137 cm³/mol. The van der Waals surface area contributed by atoms with Crippen molar-refractivity contribution in [3.8, 4) is 0 Å². The van der Waals surface area contributed by atoms with E-state index in [-0.39, 0.29) is 11.9 Å². The highest BCUT2D eigenvalue weighted by Crippen LogP contribution is 2.42. The van der Waals surface area contributed by atoms with E-state index in [1.807, 2.05) is 13.0 Å². The van der Waals surface area contributed by atoms with Crippen LogP contribution in [0.15, 0.2) is 34.5 Å². The minimum absolute atomic E-state index is 0.0282. The predicted octanol–water partition coefficient (Wildman–Crippen LogP) is 5.04. The van der Waals surface area contributed by atoms with E-state index < -0.39 is 5.54 Å². The monoisotopic (exact) mass is 470 g/mol. The Balaban J connectivity index is 1.43. The summed E-state index contributed by atoms with van der Waals surface area (Å²) >= 11 is 6.36. The number of nitrogens with one attached hydrogen (secondary N) is 1. The Morgan fingerprint density at radius 1 is 1.27 bits per heavy atom. The first-order valence-electron chi connectivity index (χ1n) is 12.6. The van der Waals surface area contributed by atoms with E-state index in [2.05, 4.69) is 42.4 Å². The number of rotatable bonds is 6. The molecular formula is C27H39ClN4O. The summed E-state index contributed by atoms with van der Waals surface area (Å²) in [6.07, 6.45) is 9.20. The SMILES string of the molecule is CC(C)CC(C)(N)C(=O)NCC1CCN(C2C3=C(CCC=N3)CCc3cc(Cl)ccc32)CC1. The highest BCUT2D eigenvalue weighted by atomic mass is 35.5. The van der Waals surface area contributed by atoms with Crippen LogP contribution in [0.4, 0.5) is 0 Å². The lowest BCUT2D eigenvalue weighted by Crippen LogP contribution is -2.53. The second-order valence-electron chi connectivity index (χ2n) is 10.8. The number of halogens is 1. The van der Waals surface area contributed by atoms with E-state index in [1.54, 1.807) is 0 Å². The third-order valence-electron chi connectivity index (χ3n) is 7.44. The van der Waals surface area contributed by atoms with Crippen LogP contribution in [-0.2, 0) is 11.2 Å². The van der Waals surface area contributed by atoms with Crippen LogP contribution in [0.1, 0.15) is 76.5 Å². The van der Waals surface area contributed by atoms with Crippen molar-refractivity contribution in [1.82, 2.24) is 10.2 Å². The number of likely N-dealkylation sites (tertiary alicyclic amines) is 1. The first kappa shape index (κ1) is 24.4. The summed E-state index contributed by atoms with van der Waals surface area (Å²) < 4.78 is 0. The Morgan fingerprint density at radius 2 is 2.03 bits per heavy atom. The molecule has 0 radical (unpaired) electrons. The lowest BCUT2D eigenvalue weighted by atomic mass is 9.89. The van der Waals surface area contributed by atoms with Gasteiger partial charge in [0.05, 0.1) is 17.3 Å². The topological polar surface area (TPSA) is 70.7 Å². The van der Waals surface area contributed by atoms with Gasteiger partial charge in [-0.15, -0.1) is 0 Å². The Labute approximate surface area is 203 Å². The molecule has 1 amide bonds. The van der Waals surface area contributed by atoms with Gasteiger partial charge in [-0.25, -0.2) is 0 Å². The van der Waals surface area contributed by atoms with Crippen LogP contribution >= 0.6 is 11.6 Å². The number of aryl methyl sites for hydroxylation is 1. The number of amides is 1. The number of benzene rings is 1. The summed E-state index contributed by atoms with van der Waals surface area (Å²) in [7, 11) is 0. The lowest BCUT2D eigenvalue weighted by Gasteiger charge is -2.39. The maximum absolute atomic E-state index is 12.6. The van der Waals surface area contributed by atoms with Gasteiger partial charge in [-0.05, 0) is 106 Å². The highest BCUT2D eigenvalue weighted by molar-refractivity contribution is 6.30. The van der Waals surface area contributed by atoms with Gasteiger partial charge in [-0.2, -0.15) is 0 Å². The van der Waals surface area contributed by atoms with Gasteiger partial charge in [0.2, 0.25) is 5.91 Å². The van der Waals surface area contributed by atoms with Crippen molar-refractivity contribution in [2.45, 2.75) is 77.3 Å². The molecule has 1 saturated heterocycles. The molecule has 2 heterocycles. The van der Waals surface area contributed by atoms with Gasteiger partial charge in [-0.1, -0.05) is 31.5 Å². The molecule has 0 bridgehead atoms. The Morgan fingerprint density at radius 3 is 2.76 bits per heavy atom. The minimum atomic E-state index is -0.804. The summed E-state index contributed by atoms with van der Waals surface area (Å²) in [6, 6.07) is 6.59. The van der Waals surface area contributed by atoms with Gasteiger partial charge in [0.25, 0.3) is 0 Å². The quantitative estimate of drug-likeness (QED) is 0.611. The highest BCUT2D eigenvalue weighted by Gasteiger charge is 2.34. The standard InChI is InChI=1S/C27H39ClN4O/c1-18(2)16-27(3,29)26(33)31-17-19-10-13-32(14-11-19)25-23-9-8-22(28)15-21(23)7-6-20-5-4-12-30-24(20)25/h8-9,12,15,18-19,25H,4-7,10-11,13-14,16-17,29H2,1-3H3,(H,31,33). The number of nitrogens with zero attached hydrogens (tertiary/aromatic N) is 2. The molecule has 1 aromatic rings. The molecule has 1 fully saturated rings. The molecular weight excluding hydrogens is 432 g/mol. The third-order valence-corrected chi connectivity index (χ3v) is 7.67. The van der Waals surface area contributed by atoms with Gasteiger partial charge < -0.3 is 11.1 Å². The maximum Gasteiger partial charge on any atom is 0.239 e. The van der Waals surface area contributed by atoms with Crippen molar-refractivity contribution in [2.75, 3.05) is 19.6 Å². The second-order valence-corrected chi connectivity index (χ2v) is 11.2. The van der Waals surface area contributed by atoms with Crippen molar-refractivity contribution >= 4 is 23.7 Å². The Bertz CT molecular complexity index is 928. The average molecular weight is 471 g/mol. The molecule has 0 spiro atoms. The molecule has 2 aliphatic heterocycles. The second kappa shape index (κ2) is 10.3. The molecule has 0 saturated carbocycles. The van der Waals surface area contributed by atoms with Gasteiger partial charge in [0, 0.05) is 17.8 Å². The fourth-order valence-electron chi connectivity index (χ4n) is 5.79. The zero-order valence-corrected chi connectivity index (χ0v) is 21.1. The largest absolute Gasteiger partial charge is 0.354 e. The van der Waals surface area contributed by atoms with E-state index in [1.165, 1.54) is 22.4 Å². The van der Waals surface area contributed by atoms with Crippen LogP contribution in [-0.4, -0.2) is 42.2 Å². The number of piperidine rings is 1. The molecule has 0 aromatic heterocycles. The van der Waals surface area contributed by atoms with Crippen LogP contribution in [0.2, 0.25) is 5.02 Å². The summed E-state index contributed by atoms with van der Waals surface area (Å²) in [5.41, 5.74) is 11.0. The Hall–Kier alpha value is -1.69. The number of nitrogens with two attached hydrogens (primary N) is 1. The molecule has 5 nitrogen and oxygen atoms in total. The summed E-state index contributed by atoms with van der Waals surface area (Å²) in [5, 5.41) is 3.95. The first-order chi connectivity index (χ1) is 15.7. The molecule has 2 unspecified atom stereocenters. The van der Waals surface area contributed by atoms with Crippen molar-refractivity contribution in [3.05, 3.63) is 45.6 Å². The van der Waals surface area contributed by atoms with Crippen LogP contribution in [0.3, 0.4) is 0 Å². The van der Waals surface area contributed by atoms with Crippen molar-refractivity contribution < 1.29 is 4.79 Å². The molecule has 3 aliphatic rings. The third kappa shape index (κ3) is 5.70. The molecule has 33 heavy (non-hydrogen) atoms. The average Bonchev–Trinajstić information content (AvgIpc) is 2.93. The molecule has 2 atom stereocenters. The summed E-state index contributed by atoms with van der Waals surface area (Å²) in [5.74, 6) is 0.853. The number of allylic oxidation sites excluding steroid dienone is 1. The van der Waals surface area contributed by atoms with E-state index in [9.17, 15) is 4.79 Å². The van der Waals surface area contributed by atoms with Crippen molar-refractivity contribution in [1.29, 1.82) is 0 Å². The molecule has 4 rings (SSSR count). The molecule has 180 valence electrons. The summed E-state index contributed by atoms with van der Waals surface area (Å²) in [4.78, 5) is 20.2. The van der Waals surface area contributed by atoms with Gasteiger partial charge in [0.15, 0.2) is 0 Å². The van der Waals surface area contributed by atoms with E-state index in [4.69, 9.17) is 22.3 Å². The number of hydrogen-bond acceptors (Lipinski definition) is 4. The molecule has 1 aliphatic carbocycles. The van der Waals surface area contributed by atoms with E-state index >= 15 is 0 Å². The maximum atomic E-state index is 12.6. The number of hydrogen-bond donors (Lipinski definition) is 2. The van der Waals surface area contributed by atoms with E-state index in [0.717, 1.165) is 56.6 Å². The van der Waals surface area contributed by atoms with Crippen LogP contribution < -0.4 is 11.1 Å². The fourth-order valence-corrected chi connectivity index (χ4v) is 5.99. The number of carbonyl (C=O) groups is 1. The lowest BCUT2D eigenvalue weighted by molar-refractivity contribution is -0.126. The van der Waals surface area contributed by atoms with Gasteiger partial charge in [0.1, 0.15) is 0 Å². The zero-order chi connectivity index (χ0) is 23.6.